The van der Waals surface area contributed by atoms with Crippen LogP contribution in [0.2, 0.25) is 5.02 Å². The van der Waals surface area contributed by atoms with Crippen molar-refractivity contribution < 1.29 is 13.2 Å². The van der Waals surface area contributed by atoms with Gasteiger partial charge in [0.1, 0.15) is 5.82 Å². The minimum atomic E-state index is -3.55. The van der Waals surface area contributed by atoms with Crippen molar-refractivity contribution in [2.75, 3.05) is 26.3 Å². The van der Waals surface area contributed by atoms with E-state index in [1.54, 1.807) is 23.9 Å². The van der Waals surface area contributed by atoms with Crippen LogP contribution in [0.1, 0.15) is 19.2 Å². The van der Waals surface area contributed by atoms with Crippen molar-refractivity contribution in [2.45, 2.75) is 35.4 Å². The summed E-state index contributed by atoms with van der Waals surface area (Å²) in [6, 6.07) is 13.0. The number of ether oxygens (including phenoxy) is 1. The van der Waals surface area contributed by atoms with E-state index in [1.807, 2.05) is 30.3 Å². The minimum absolute atomic E-state index is 0.284. The van der Waals surface area contributed by atoms with E-state index in [-0.39, 0.29) is 4.90 Å². The number of nitrogens with zero attached hydrogens (tertiary/aromatic N) is 3. The quantitative estimate of drug-likeness (QED) is 0.483. The molecule has 9 heteroatoms. The number of thioether (sulfide) groups is 1. The molecule has 1 aromatic heterocycles. The molecule has 0 atom stereocenters. The molecule has 1 fully saturated rings. The Hall–Kier alpha value is -1.58. The van der Waals surface area contributed by atoms with E-state index in [4.69, 9.17) is 21.3 Å². The first kappa shape index (κ1) is 21.6. The molecular weight excluding hydrogens is 442 g/mol. The van der Waals surface area contributed by atoms with Crippen LogP contribution in [-0.2, 0) is 27.1 Å². The lowest BCUT2D eigenvalue weighted by Gasteiger charge is -2.26. The van der Waals surface area contributed by atoms with E-state index in [0.29, 0.717) is 42.6 Å². The molecule has 0 amide bonds. The summed E-state index contributed by atoms with van der Waals surface area (Å²) < 4.78 is 35.0. The molecule has 2 aromatic carbocycles. The molecule has 1 aliphatic heterocycles. The number of aryl methyl sites for hydroxylation is 1. The van der Waals surface area contributed by atoms with E-state index < -0.39 is 10.0 Å². The Morgan fingerprint density at radius 2 is 1.97 bits per heavy atom. The van der Waals surface area contributed by atoms with Gasteiger partial charge in [-0.25, -0.2) is 13.4 Å². The zero-order chi connectivity index (χ0) is 21.1. The zero-order valence-corrected chi connectivity index (χ0v) is 19.1. The number of fused-ring (bicyclic) bond motifs is 1. The number of hydrogen-bond donors (Lipinski definition) is 0. The number of rotatable bonds is 7. The summed E-state index contributed by atoms with van der Waals surface area (Å²) in [5.41, 5.74) is 1.67. The van der Waals surface area contributed by atoms with E-state index in [1.165, 1.54) is 4.31 Å². The molecule has 160 valence electrons. The topological polar surface area (TPSA) is 64.4 Å². The van der Waals surface area contributed by atoms with Crippen molar-refractivity contribution in [1.29, 1.82) is 0 Å². The van der Waals surface area contributed by atoms with Gasteiger partial charge in [-0.3, -0.25) is 0 Å². The van der Waals surface area contributed by atoms with Gasteiger partial charge in [0, 0.05) is 29.6 Å². The van der Waals surface area contributed by atoms with Gasteiger partial charge in [0.2, 0.25) is 10.0 Å². The highest BCUT2D eigenvalue weighted by Gasteiger charge is 2.27. The summed E-state index contributed by atoms with van der Waals surface area (Å²) in [7, 11) is -3.55. The van der Waals surface area contributed by atoms with Gasteiger partial charge < -0.3 is 9.30 Å². The van der Waals surface area contributed by atoms with Crippen molar-refractivity contribution >= 4 is 44.4 Å². The number of benzene rings is 2. The van der Waals surface area contributed by atoms with Crippen molar-refractivity contribution in [3.63, 3.8) is 0 Å². The largest absolute Gasteiger partial charge is 0.379 e. The van der Waals surface area contributed by atoms with Gasteiger partial charge in [0.25, 0.3) is 0 Å². The highest BCUT2D eigenvalue weighted by atomic mass is 35.5. The van der Waals surface area contributed by atoms with Crippen LogP contribution in [-0.4, -0.2) is 48.6 Å². The number of aromatic nitrogens is 2. The van der Waals surface area contributed by atoms with Crippen molar-refractivity contribution in [1.82, 2.24) is 13.9 Å². The molecule has 0 unspecified atom stereocenters. The lowest BCUT2D eigenvalue weighted by atomic mass is 10.3. The van der Waals surface area contributed by atoms with Crippen LogP contribution in [0.4, 0.5) is 0 Å². The highest BCUT2D eigenvalue weighted by Crippen LogP contribution is 2.28. The molecule has 0 aliphatic carbocycles. The summed E-state index contributed by atoms with van der Waals surface area (Å²) in [4.78, 5) is 6.15. The molecule has 0 saturated carbocycles. The number of imidazole rings is 1. The first-order valence-corrected chi connectivity index (χ1v) is 12.7. The molecule has 0 bridgehead atoms. The number of sulfonamides is 1. The van der Waals surface area contributed by atoms with Crippen molar-refractivity contribution in [3.8, 4) is 0 Å². The lowest BCUT2D eigenvalue weighted by Crippen LogP contribution is -2.40. The van der Waals surface area contributed by atoms with Gasteiger partial charge in [0.15, 0.2) is 0 Å². The van der Waals surface area contributed by atoms with Crippen LogP contribution in [0.25, 0.3) is 11.0 Å². The molecule has 2 heterocycles. The van der Waals surface area contributed by atoms with E-state index in [2.05, 4.69) is 11.5 Å². The Kier molecular flexibility index (Phi) is 6.69. The number of morpholine rings is 1. The summed E-state index contributed by atoms with van der Waals surface area (Å²) in [5, 5.41) is 0.708. The molecule has 30 heavy (non-hydrogen) atoms. The average Bonchev–Trinajstić information content (AvgIpc) is 3.10. The Bertz CT molecular complexity index is 1140. The van der Waals surface area contributed by atoms with Gasteiger partial charge in [-0.15, -0.1) is 11.8 Å². The molecule has 6 nitrogen and oxygen atoms in total. The van der Waals surface area contributed by atoms with E-state index >= 15 is 0 Å². The third-order valence-corrected chi connectivity index (χ3v) is 8.14. The Labute approximate surface area is 186 Å². The predicted molar refractivity (Wildman–Crippen MR) is 121 cm³/mol. The molecular formula is C21H24ClN3O3S2. The fourth-order valence-electron chi connectivity index (χ4n) is 3.54. The van der Waals surface area contributed by atoms with Crippen LogP contribution in [0, 0.1) is 0 Å². The van der Waals surface area contributed by atoms with Gasteiger partial charge in [-0.05, 0) is 42.8 Å². The first-order valence-electron chi connectivity index (χ1n) is 9.94. The Morgan fingerprint density at radius 3 is 2.70 bits per heavy atom. The normalized spacial score (nSPS) is 15.7. The van der Waals surface area contributed by atoms with Gasteiger partial charge >= 0.3 is 0 Å². The Morgan fingerprint density at radius 1 is 1.17 bits per heavy atom. The molecule has 0 N–H and O–H groups in total. The van der Waals surface area contributed by atoms with Gasteiger partial charge in [-0.1, -0.05) is 24.6 Å². The van der Waals surface area contributed by atoms with Crippen molar-refractivity contribution in [3.05, 3.63) is 53.3 Å². The monoisotopic (exact) mass is 465 g/mol. The van der Waals surface area contributed by atoms with Gasteiger partial charge in [0.05, 0.1) is 34.9 Å². The third kappa shape index (κ3) is 4.53. The summed E-state index contributed by atoms with van der Waals surface area (Å²) in [6.45, 7) is 4.57. The zero-order valence-electron chi connectivity index (χ0n) is 16.8. The molecule has 1 aliphatic rings. The average molecular weight is 466 g/mol. The van der Waals surface area contributed by atoms with Gasteiger partial charge in [-0.2, -0.15) is 4.31 Å². The second-order valence-corrected chi connectivity index (χ2v) is 10.5. The van der Waals surface area contributed by atoms with Crippen LogP contribution in [0.3, 0.4) is 0 Å². The number of hydrogen-bond acceptors (Lipinski definition) is 5. The maximum Gasteiger partial charge on any atom is 0.243 e. The maximum absolute atomic E-state index is 13.0. The van der Waals surface area contributed by atoms with E-state index in [9.17, 15) is 8.42 Å². The molecule has 4 rings (SSSR count). The highest BCUT2D eigenvalue weighted by molar-refractivity contribution is 7.98. The van der Waals surface area contributed by atoms with E-state index in [0.717, 1.165) is 29.2 Å². The summed E-state index contributed by atoms with van der Waals surface area (Å²) in [5.74, 6) is 1.61. The molecule has 0 radical (unpaired) electrons. The van der Waals surface area contributed by atoms with Crippen LogP contribution < -0.4 is 0 Å². The number of halogens is 1. The predicted octanol–water partition coefficient (Wildman–Crippen LogP) is 4.41. The second kappa shape index (κ2) is 9.28. The molecule has 1 saturated heterocycles. The Balaban J connectivity index is 1.65. The maximum atomic E-state index is 13.0. The molecule has 0 spiro atoms. The van der Waals surface area contributed by atoms with Crippen LogP contribution in [0.15, 0.2) is 52.3 Å². The summed E-state index contributed by atoms with van der Waals surface area (Å²) >= 11 is 7.76. The fraction of sp³-hybridized carbons (Fsp3) is 0.381. The SMILES string of the molecule is CCCn1c(CSc2cccc(Cl)c2)nc2cc(S(=O)(=O)N3CCOCC3)ccc21. The second-order valence-electron chi connectivity index (χ2n) is 7.09. The van der Waals surface area contributed by atoms with Crippen LogP contribution in [0.5, 0.6) is 0 Å². The fourth-order valence-corrected chi connectivity index (χ4v) is 6.13. The first-order chi connectivity index (χ1) is 14.5. The molecule has 3 aromatic rings. The summed E-state index contributed by atoms with van der Waals surface area (Å²) in [6.07, 6.45) is 0.966. The van der Waals surface area contributed by atoms with Crippen molar-refractivity contribution in [2.24, 2.45) is 0 Å². The smallest absolute Gasteiger partial charge is 0.243 e. The standard InChI is InChI=1S/C21H24ClN3O3S2/c1-2-8-25-20-7-6-18(30(26,27)24-9-11-28-12-10-24)14-19(20)23-21(25)15-29-17-5-3-4-16(22)13-17/h3-7,13-14H,2,8-12,15H2,1H3. The lowest BCUT2D eigenvalue weighted by molar-refractivity contribution is 0.0730. The minimum Gasteiger partial charge on any atom is -0.379 e. The van der Waals surface area contributed by atoms with Crippen LogP contribution >= 0.6 is 23.4 Å². The third-order valence-electron chi connectivity index (χ3n) is 5.02.